The molecule has 1 spiro atoms. The molecule has 1 amide bonds. The maximum atomic E-state index is 12.7. The Morgan fingerprint density at radius 2 is 1.77 bits per heavy atom. The summed E-state index contributed by atoms with van der Waals surface area (Å²) in [5.41, 5.74) is 4.32. The Hall–Kier alpha value is -1.80. The minimum Gasteiger partial charge on any atom is -0.326 e. The van der Waals surface area contributed by atoms with E-state index in [2.05, 4.69) is 36.5 Å². The third kappa shape index (κ3) is 3.27. The van der Waals surface area contributed by atoms with Crippen molar-refractivity contribution in [3.63, 3.8) is 0 Å². The van der Waals surface area contributed by atoms with Crippen molar-refractivity contribution in [2.45, 2.75) is 50.9 Å². The number of fused-ring (bicyclic) bond motifs is 2. The van der Waals surface area contributed by atoms with E-state index in [0.717, 1.165) is 18.5 Å². The summed E-state index contributed by atoms with van der Waals surface area (Å²) in [6.45, 7) is 2.08. The zero-order valence-electron chi connectivity index (χ0n) is 15.3. The van der Waals surface area contributed by atoms with Crippen molar-refractivity contribution >= 4 is 23.2 Å². The summed E-state index contributed by atoms with van der Waals surface area (Å²) in [6, 6.07) is 16.3. The summed E-state index contributed by atoms with van der Waals surface area (Å²) < 4.78 is 0. The first-order valence-corrected chi connectivity index (χ1v) is 10.1. The third-order valence-electron chi connectivity index (χ3n) is 6.68. The fraction of sp³-hybridized carbons (Fsp3) is 0.435. The molecule has 136 valence electrons. The van der Waals surface area contributed by atoms with Gasteiger partial charge in [-0.2, -0.15) is 0 Å². The fourth-order valence-electron chi connectivity index (χ4n) is 4.98. The van der Waals surface area contributed by atoms with Gasteiger partial charge in [0.15, 0.2) is 0 Å². The molecule has 4 rings (SSSR count). The van der Waals surface area contributed by atoms with Crippen molar-refractivity contribution in [2.75, 3.05) is 5.32 Å². The number of carbonyl (C=O) groups is 1. The van der Waals surface area contributed by atoms with Crippen molar-refractivity contribution in [2.24, 2.45) is 11.8 Å². The molecule has 26 heavy (non-hydrogen) atoms. The molecule has 1 saturated carbocycles. The van der Waals surface area contributed by atoms with E-state index >= 15 is 0 Å². The summed E-state index contributed by atoms with van der Waals surface area (Å²) in [7, 11) is 0. The molecule has 0 bridgehead atoms. The zero-order chi connectivity index (χ0) is 18.1. The highest BCUT2D eigenvalue weighted by atomic mass is 35.5. The monoisotopic (exact) mass is 367 g/mol. The minimum atomic E-state index is 0.0414. The van der Waals surface area contributed by atoms with Crippen LogP contribution in [0.5, 0.6) is 0 Å². The molecule has 0 radical (unpaired) electrons. The topological polar surface area (TPSA) is 29.1 Å². The smallest absolute Gasteiger partial charge is 0.227 e. The summed E-state index contributed by atoms with van der Waals surface area (Å²) >= 11 is 5.92. The van der Waals surface area contributed by atoms with E-state index < -0.39 is 0 Å². The lowest BCUT2D eigenvalue weighted by atomic mass is 9.65. The predicted molar refractivity (Wildman–Crippen MR) is 108 cm³/mol. The van der Waals surface area contributed by atoms with E-state index in [9.17, 15) is 4.79 Å². The Bertz CT molecular complexity index is 790. The molecule has 0 aromatic heterocycles. The van der Waals surface area contributed by atoms with Gasteiger partial charge in [-0.1, -0.05) is 42.8 Å². The van der Waals surface area contributed by atoms with E-state index in [4.69, 9.17) is 11.6 Å². The Kier molecular flexibility index (Phi) is 4.79. The van der Waals surface area contributed by atoms with E-state index in [0.29, 0.717) is 16.4 Å². The van der Waals surface area contributed by atoms with Crippen molar-refractivity contribution in [3.05, 3.63) is 64.7 Å². The second kappa shape index (κ2) is 7.08. The molecule has 2 aromatic carbocycles. The normalized spacial score (nSPS) is 25.7. The van der Waals surface area contributed by atoms with Gasteiger partial charge in [0.1, 0.15) is 0 Å². The van der Waals surface area contributed by atoms with Crippen LogP contribution >= 0.6 is 11.6 Å². The maximum absolute atomic E-state index is 12.7. The fourth-order valence-corrected chi connectivity index (χ4v) is 5.11. The average Bonchev–Trinajstić information content (AvgIpc) is 3.02. The van der Waals surface area contributed by atoms with Crippen LogP contribution in [0.4, 0.5) is 5.69 Å². The van der Waals surface area contributed by atoms with Crippen LogP contribution < -0.4 is 5.32 Å². The van der Waals surface area contributed by atoms with Gasteiger partial charge in [0.05, 0.1) is 0 Å². The van der Waals surface area contributed by atoms with Crippen LogP contribution in [0.25, 0.3) is 0 Å². The number of amides is 1. The van der Waals surface area contributed by atoms with Crippen molar-refractivity contribution < 1.29 is 4.79 Å². The van der Waals surface area contributed by atoms with Gasteiger partial charge >= 0.3 is 0 Å². The lowest BCUT2D eigenvalue weighted by Gasteiger charge is -2.40. The second-order valence-corrected chi connectivity index (χ2v) is 8.50. The van der Waals surface area contributed by atoms with Crippen LogP contribution in [0.2, 0.25) is 5.02 Å². The number of aryl methyl sites for hydroxylation is 1. The lowest BCUT2D eigenvalue weighted by molar-refractivity contribution is -0.121. The number of anilines is 1. The summed E-state index contributed by atoms with van der Waals surface area (Å²) in [4.78, 5) is 12.7. The highest BCUT2D eigenvalue weighted by Gasteiger charge is 2.42. The van der Waals surface area contributed by atoms with Gasteiger partial charge < -0.3 is 5.32 Å². The molecular weight excluding hydrogens is 342 g/mol. The standard InChI is InChI=1S/C23H26ClNO/c1-16(22(26)25-20-8-6-19(24)7-9-20)17-10-13-23(14-11-17)15-12-18-4-2-3-5-21(18)23/h2-9,16-17H,10-15H2,1H3,(H,25,26). The molecule has 1 unspecified atom stereocenters. The highest BCUT2D eigenvalue weighted by molar-refractivity contribution is 6.30. The number of carbonyl (C=O) groups excluding carboxylic acids is 1. The van der Waals surface area contributed by atoms with Gasteiger partial charge in [-0.25, -0.2) is 0 Å². The molecule has 0 heterocycles. The van der Waals surface area contributed by atoms with E-state index in [1.807, 2.05) is 24.3 Å². The molecule has 0 aliphatic heterocycles. The summed E-state index contributed by atoms with van der Waals surface area (Å²) in [5.74, 6) is 0.639. The molecule has 1 atom stereocenters. The van der Waals surface area contributed by atoms with Crippen molar-refractivity contribution in [1.82, 2.24) is 0 Å². The number of hydrogen-bond acceptors (Lipinski definition) is 1. The first-order valence-electron chi connectivity index (χ1n) is 9.72. The Balaban J connectivity index is 1.38. The van der Waals surface area contributed by atoms with Gasteiger partial charge in [0.2, 0.25) is 5.91 Å². The highest BCUT2D eigenvalue weighted by Crippen LogP contribution is 2.50. The van der Waals surface area contributed by atoms with Crippen molar-refractivity contribution in [3.8, 4) is 0 Å². The SMILES string of the molecule is CC(C(=O)Nc1ccc(Cl)cc1)C1CCC2(CCc3ccccc32)CC1. The third-order valence-corrected chi connectivity index (χ3v) is 6.93. The molecule has 0 saturated heterocycles. The van der Waals surface area contributed by atoms with E-state index in [-0.39, 0.29) is 11.8 Å². The van der Waals surface area contributed by atoms with Crippen LogP contribution in [-0.4, -0.2) is 5.91 Å². The molecule has 1 N–H and O–H groups in total. The van der Waals surface area contributed by atoms with Gasteiger partial charge in [0, 0.05) is 16.6 Å². The molecule has 2 nitrogen and oxygen atoms in total. The molecular formula is C23H26ClNO. The van der Waals surface area contributed by atoms with Crippen LogP contribution in [-0.2, 0) is 16.6 Å². The number of benzene rings is 2. The van der Waals surface area contributed by atoms with Crippen LogP contribution in [0.15, 0.2) is 48.5 Å². The van der Waals surface area contributed by atoms with Gasteiger partial charge in [0.25, 0.3) is 0 Å². The molecule has 1 fully saturated rings. The zero-order valence-corrected chi connectivity index (χ0v) is 16.1. The van der Waals surface area contributed by atoms with Crippen LogP contribution in [0, 0.1) is 11.8 Å². The van der Waals surface area contributed by atoms with Crippen LogP contribution in [0.1, 0.15) is 50.2 Å². The lowest BCUT2D eigenvalue weighted by Crippen LogP contribution is -2.35. The number of hydrogen-bond donors (Lipinski definition) is 1. The van der Waals surface area contributed by atoms with Gasteiger partial charge in [-0.3, -0.25) is 4.79 Å². The van der Waals surface area contributed by atoms with Gasteiger partial charge in [-0.15, -0.1) is 0 Å². The largest absolute Gasteiger partial charge is 0.326 e. The number of rotatable bonds is 3. The Labute approximate surface area is 161 Å². The van der Waals surface area contributed by atoms with Crippen molar-refractivity contribution in [1.29, 1.82) is 0 Å². The summed E-state index contributed by atoms with van der Waals surface area (Å²) in [6.07, 6.45) is 7.21. The molecule has 3 heteroatoms. The number of halogens is 1. The van der Waals surface area contributed by atoms with E-state index in [1.54, 1.807) is 11.1 Å². The average molecular weight is 368 g/mol. The second-order valence-electron chi connectivity index (χ2n) is 8.06. The minimum absolute atomic E-state index is 0.0414. The quantitative estimate of drug-likeness (QED) is 0.709. The first-order chi connectivity index (χ1) is 12.6. The predicted octanol–water partition coefficient (Wildman–Crippen LogP) is 5.99. The van der Waals surface area contributed by atoms with Gasteiger partial charge in [-0.05, 0) is 85.3 Å². The Morgan fingerprint density at radius 1 is 1.08 bits per heavy atom. The number of nitrogens with one attached hydrogen (secondary N) is 1. The summed E-state index contributed by atoms with van der Waals surface area (Å²) in [5, 5.41) is 3.73. The first kappa shape index (κ1) is 17.6. The molecule has 2 aromatic rings. The van der Waals surface area contributed by atoms with E-state index in [1.165, 1.54) is 25.7 Å². The van der Waals surface area contributed by atoms with Crippen LogP contribution in [0.3, 0.4) is 0 Å². The maximum Gasteiger partial charge on any atom is 0.227 e. The molecule has 2 aliphatic carbocycles. The Morgan fingerprint density at radius 3 is 2.50 bits per heavy atom. The molecule has 2 aliphatic rings.